The second-order valence-electron chi connectivity index (χ2n) is 5.07. The van der Waals surface area contributed by atoms with Gasteiger partial charge in [0.15, 0.2) is 11.6 Å². The Kier molecular flexibility index (Phi) is 4.91. The van der Waals surface area contributed by atoms with Crippen molar-refractivity contribution in [3.8, 4) is 5.75 Å². The fourth-order valence-electron chi connectivity index (χ4n) is 2.29. The van der Waals surface area contributed by atoms with E-state index in [1.54, 1.807) is 0 Å². The first-order chi connectivity index (χ1) is 10.0. The van der Waals surface area contributed by atoms with E-state index in [0.29, 0.717) is 0 Å². The van der Waals surface area contributed by atoms with Crippen molar-refractivity contribution in [2.75, 3.05) is 7.05 Å². The van der Waals surface area contributed by atoms with Crippen molar-refractivity contribution >= 4 is 0 Å². The van der Waals surface area contributed by atoms with Crippen molar-refractivity contribution in [1.82, 2.24) is 5.32 Å². The van der Waals surface area contributed by atoms with Crippen LogP contribution in [0.1, 0.15) is 24.1 Å². The van der Waals surface area contributed by atoms with Crippen LogP contribution in [0.3, 0.4) is 0 Å². The number of hydrogen-bond acceptors (Lipinski definition) is 2. The maximum atomic E-state index is 13.6. The lowest BCUT2D eigenvalue weighted by Crippen LogP contribution is -2.31. The number of nitrogens with one attached hydrogen (secondary N) is 1. The summed E-state index contributed by atoms with van der Waals surface area (Å²) in [5.74, 6) is -1.26. The molecule has 0 heterocycles. The first kappa shape index (κ1) is 15.4. The van der Waals surface area contributed by atoms with Gasteiger partial charge < -0.3 is 10.1 Å². The van der Waals surface area contributed by atoms with Crippen LogP contribution in [0.25, 0.3) is 0 Å². The van der Waals surface area contributed by atoms with E-state index in [2.05, 4.69) is 5.32 Å². The van der Waals surface area contributed by atoms with Crippen LogP contribution in [0, 0.1) is 18.6 Å². The number of aryl methyl sites for hydroxylation is 1. The molecule has 2 unspecified atom stereocenters. The molecular formula is C17H19F2NO. The van der Waals surface area contributed by atoms with Crippen LogP contribution in [-0.2, 0) is 0 Å². The minimum absolute atomic E-state index is 0.0521. The molecule has 2 aromatic carbocycles. The average molecular weight is 291 g/mol. The Labute approximate surface area is 123 Å². The van der Waals surface area contributed by atoms with E-state index >= 15 is 0 Å². The van der Waals surface area contributed by atoms with E-state index in [1.807, 2.05) is 45.2 Å². The number of halogens is 2. The van der Waals surface area contributed by atoms with Gasteiger partial charge in [0.1, 0.15) is 11.9 Å². The largest absolute Gasteiger partial charge is 0.486 e. The molecule has 21 heavy (non-hydrogen) atoms. The topological polar surface area (TPSA) is 21.3 Å². The number of hydrogen-bond donors (Lipinski definition) is 1. The molecule has 2 rings (SSSR count). The van der Waals surface area contributed by atoms with Crippen LogP contribution >= 0.6 is 0 Å². The van der Waals surface area contributed by atoms with Crippen LogP contribution in [0.2, 0.25) is 0 Å². The Morgan fingerprint density at radius 3 is 2.29 bits per heavy atom. The zero-order valence-corrected chi connectivity index (χ0v) is 12.4. The number of ether oxygens (including phenoxy) is 1. The Morgan fingerprint density at radius 2 is 1.71 bits per heavy atom. The average Bonchev–Trinajstić information content (AvgIpc) is 2.45. The molecule has 0 radical (unpaired) electrons. The molecule has 0 saturated carbocycles. The van der Waals surface area contributed by atoms with Gasteiger partial charge in [0.25, 0.3) is 0 Å². The number of rotatable bonds is 5. The molecule has 0 saturated heterocycles. The zero-order chi connectivity index (χ0) is 15.4. The van der Waals surface area contributed by atoms with Crippen molar-refractivity contribution < 1.29 is 13.5 Å². The SMILES string of the molecule is CNC(c1ccc(C)cc1)C(C)Oc1ccc(F)cc1F. The van der Waals surface area contributed by atoms with Gasteiger partial charge in [0.05, 0.1) is 6.04 Å². The molecule has 0 aliphatic rings. The standard InChI is InChI=1S/C17H19F2NO/c1-11-4-6-13(7-5-11)17(20-3)12(2)21-16-9-8-14(18)10-15(16)19/h4-10,12,17,20H,1-3H3. The lowest BCUT2D eigenvalue weighted by atomic mass is 10.0. The van der Waals surface area contributed by atoms with Gasteiger partial charge in [0, 0.05) is 6.07 Å². The van der Waals surface area contributed by atoms with Crippen molar-refractivity contribution in [1.29, 1.82) is 0 Å². The number of benzene rings is 2. The molecule has 0 fully saturated rings. The summed E-state index contributed by atoms with van der Waals surface area (Å²) in [6, 6.07) is 11.3. The summed E-state index contributed by atoms with van der Waals surface area (Å²) >= 11 is 0. The van der Waals surface area contributed by atoms with Gasteiger partial charge in [-0.1, -0.05) is 29.8 Å². The highest BCUT2D eigenvalue weighted by atomic mass is 19.1. The maximum absolute atomic E-state index is 13.6. The van der Waals surface area contributed by atoms with Gasteiger partial charge >= 0.3 is 0 Å². The van der Waals surface area contributed by atoms with Crippen molar-refractivity contribution in [2.45, 2.75) is 26.0 Å². The molecule has 2 atom stereocenters. The highest BCUT2D eigenvalue weighted by molar-refractivity contribution is 5.27. The minimum Gasteiger partial charge on any atom is -0.486 e. The molecule has 0 amide bonds. The summed E-state index contributed by atoms with van der Waals surface area (Å²) in [5, 5.41) is 3.17. The Hall–Kier alpha value is -1.94. The third kappa shape index (κ3) is 3.79. The molecule has 0 bridgehead atoms. The fraction of sp³-hybridized carbons (Fsp3) is 0.294. The molecule has 2 nitrogen and oxygen atoms in total. The minimum atomic E-state index is -0.694. The van der Waals surface area contributed by atoms with Crippen LogP contribution in [0.4, 0.5) is 8.78 Å². The predicted octanol–water partition coefficient (Wildman–Crippen LogP) is 4.00. The molecule has 112 valence electrons. The van der Waals surface area contributed by atoms with Gasteiger partial charge in [-0.05, 0) is 38.6 Å². The number of likely N-dealkylation sites (N-methyl/N-ethyl adjacent to an activating group) is 1. The lowest BCUT2D eigenvalue weighted by Gasteiger charge is -2.25. The van der Waals surface area contributed by atoms with E-state index in [0.717, 1.165) is 11.6 Å². The van der Waals surface area contributed by atoms with Crippen LogP contribution < -0.4 is 10.1 Å². The van der Waals surface area contributed by atoms with E-state index in [9.17, 15) is 8.78 Å². The summed E-state index contributed by atoms with van der Waals surface area (Å²) in [5.41, 5.74) is 2.23. The summed E-state index contributed by atoms with van der Waals surface area (Å²) in [6.07, 6.45) is -0.308. The van der Waals surface area contributed by atoms with Gasteiger partial charge in [0.2, 0.25) is 0 Å². The highest BCUT2D eigenvalue weighted by Crippen LogP contribution is 2.24. The van der Waals surface area contributed by atoms with Crippen molar-refractivity contribution in [2.24, 2.45) is 0 Å². The third-order valence-electron chi connectivity index (χ3n) is 3.42. The molecule has 0 spiro atoms. The molecule has 2 aromatic rings. The molecule has 0 aliphatic heterocycles. The van der Waals surface area contributed by atoms with Crippen LogP contribution in [0.15, 0.2) is 42.5 Å². The van der Waals surface area contributed by atoms with Gasteiger partial charge in [-0.15, -0.1) is 0 Å². The molecular weight excluding hydrogens is 272 g/mol. The quantitative estimate of drug-likeness (QED) is 0.899. The first-order valence-electron chi connectivity index (χ1n) is 6.87. The van der Waals surface area contributed by atoms with E-state index in [4.69, 9.17) is 4.74 Å². The Morgan fingerprint density at radius 1 is 1.05 bits per heavy atom. The van der Waals surface area contributed by atoms with Crippen LogP contribution in [-0.4, -0.2) is 13.2 Å². The second kappa shape index (κ2) is 6.68. The zero-order valence-electron chi connectivity index (χ0n) is 12.4. The molecule has 0 aromatic heterocycles. The summed E-state index contributed by atoms with van der Waals surface area (Å²) in [4.78, 5) is 0. The fourth-order valence-corrected chi connectivity index (χ4v) is 2.29. The second-order valence-corrected chi connectivity index (χ2v) is 5.07. The molecule has 0 aliphatic carbocycles. The van der Waals surface area contributed by atoms with Gasteiger partial charge in [-0.3, -0.25) is 0 Å². The molecule has 1 N–H and O–H groups in total. The normalized spacial score (nSPS) is 13.8. The lowest BCUT2D eigenvalue weighted by molar-refractivity contribution is 0.168. The smallest absolute Gasteiger partial charge is 0.167 e. The van der Waals surface area contributed by atoms with Crippen molar-refractivity contribution in [3.05, 3.63) is 65.2 Å². The Bertz CT molecular complexity index is 598. The predicted molar refractivity (Wildman–Crippen MR) is 79.4 cm³/mol. The van der Waals surface area contributed by atoms with Gasteiger partial charge in [-0.25, -0.2) is 8.78 Å². The van der Waals surface area contributed by atoms with Gasteiger partial charge in [-0.2, -0.15) is 0 Å². The summed E-state index contributed by atoms with van der Waals surface area (Å²) < 4.78 is 32.2. The van der Waals surface area contributed by atoms with E-state index < -0.39 is 11.6 Å². The highest BCUT2D eigenvalue weighted by Gasteiger charge is 2.20. The van der Waals surface area contributed by atoms with E-state index in [1.165, 1.54) is 17.7 Å². The van der Waals surface area contributed by atoms with E-state index in [-0.39, 0.29) is 17.9 Å². The Balaban J connectivity index is 2.16. The monoisotopic (exact) mass is 291 g/mol. The summed E-state index contributed by atoms with van der Waals surface area (Å²) in [6.45, 7) is 3.87. The molecule has 4 heteroatoms. The van der Waals surface area contributed by atoms with Crippen LogP contribution in [0.5, 0.6) is 5.75 Å². The third-order valence-corrected chi connectivity index (χ3v) is 3.42. The summed E-state index contributed by atoms with van der Waals surface area (Å²) in [7, 11) is 1.82. The maximum Gasteiger partial charge on any atom is 0.167 e. The first-order valence-corrected chi connectivity index (χ1v) is 6.87. The van der Waals surface area contributed by atoms with Crippen molar-refractivity contribution in [3.63, 3.8) is 0 Å².